The van der Waals surface area contributed by atoms with Crippen molar-refractivity contribution in [2.24, 2.45) is 0 Å². The first kappa shape index (κ1) is 30.2. The van der Waals surface area contributed by atoms with Crippen LogP contribution in [0.2, 0.25) is 0 Å². The zero-order valence-electron chi connectivity index (χ0n) is 26.4. The number of carbonyl (C=O) groups excluding carboxylic acids is 1. The molecule has 2 aromatic carbocycles. The first-order valence-electron chi connectivity index (χ1n) is 15.6. The summed E-state index contributed by atoms with van der Waals surface area (Å²) in [5, 5.41) is 1.14. The molecule has 2 fully saturated rings. The van der Waals surface area contributed by atoms with E-state index in [4.69, 9.17) is 9.47 Å². The van der Waals surface area contributed by atoms with Gasteiger partial charge in [0.25, 0.3) is 0 Å². The second kappa shape index (κ2) is 13.0. The van der Waals surface area contributed by atoms with Crippen LogP contribution in [0.4, 0.5) is 10.5 Å². The predicted molar refractivity (Wildman–Crippen MR) is 172 cm³/mol. The fourth-order valence-electron chi connectivity index (χ4n) is 6.20. The maximum Gasteiger partial charge on any atom is 0.410 e. The second-order valence-electron chi connectivity index (χ2n) is 13.0. The van der Waals surface area contributed by atoms with E-state index in [2.05, 4.69) is 76.0 Å². The van der Waals surface area contributed by atoms with E-state index in [0.717, 1.165) is 86.6 Å². The highest BCUT2D eigenvalue weighted by atomic mass is 16.6. The number of hydrogen-bond donors (Lipinski definition) is 1. The number of ether oxygens (including phenoxy) is 2. The van der Waals surface area contributed by atoms with Gasteiger partial charge in [-0.1, -0.05) is 12.1 Å². The molecule has 0 saturated carbocycles. The van der Waals surface area contributed by atoms with Gasteiger partial charge in [-0.3, -0.25) is 9.80 Å². The molecule has 5 rings (SSSR count). The number of rotatable bonds is 8. The van der Waals surface area contributed by atoms with Crippen LogP contribution in [0, 0.1) is 0 Å². The van der Waals surface area contributed by atoms with Crippen molar-refractivity contribution in [2.45, 2.75) is 65.1 Å². The van der Waals surface area contributed by atoms with Crippen LogP contribution < -0.4 is 9.64 Å². The Morgan fingerprint density at radius 1 is 1.00 bits per heavy atom. The lowest BCUT2D eigenvalue weighted by atomic mass is 10.0. The van der Waals surface area contributed by atoms with E-state index < -0.39 is 5.60 Å². The van der Waals surface area contributed by atoms with Gasteiger partial charge in [-0.15, -0.1) is 0 Å². The number of nitrogens with zero attached hydrogens (tertiary/aromatic N) is 4. The summed E-state index contributed by atoms with van der Waals surface area (Å²) in [7, 11) is 1.70. The molecule has 0 bridgehead atoms. The number of aromatic nitrogens is 1. The Morgan fingerprint density at radius 3 is 2.40 bits per heavy atom. The number of hydrogen-bond acceptors (Lipinski definition) is 6. The highest BCUT2D eigenvalue weighted by Gasteiger charge is 2.32. The molecule has 2 aliphatic rings. The molecule has 0 atom stereocenters. The van der Waals surface area contributed by atoms with Gasteiger partial charge in [-0.2, -0.15) is 0 Å². The van der Waals surface area contributed by atoms with E-state index in [1.807, 2.05) is 31.7 Å². The third-order valence-corrected chi connectivity index (χ3v) is 8.68. The second-order valence-corrected chi connectivity index (χ2v) is 13.0. The van der Waals surface area contributed by atoms with E-state index >= 15 is 0 Å². The van der Waals surface area contributed by atoms with Crippen LogP contribution in [-0.4, -0.2) is 103 Å². The van der Waals surface area contributed by atoms with E-state index in [-0.39, 0.29) is 12.1 Å². The van der Waals surface area contributed by atoms with Gasteiger partial charge in [-0.25, -0.2) is 4.79 Å². The molecule has 0 radical (unpaired) electrons. The summed E-state index contributed by atoms with van der Waals surface area (Å²) in [5.41, 5.74) is 4.07. The summed E-state index contributed by atoms with van der Waals surface area (Å²) in [6, 6.07) is 17.8. The minimum atomic E-state index is -0.507. The van der Waals surface area contributed by atoms with Crippen LogP contribution in [-0.2, 0) is 4.74 Å². The van der Waals surface area contributed by atoms with Crippen molar-refractivity contribution in [3.8, 4) is 17.0 Å². The molecule has 1 aromatic heterocycles. The smallest absolute Gasteiger partial charge is 0.410 e. The molecule has 3 aromatic rings. The van der Waals surface area contributed by atoms with Crippen LogP contribution in [0.3, 0.4) is 0 Å². The Kier molecular flexibility index (Phi) is 9.33. The molecule has 8 nitrogen and oxygen atoms in total. The SMILES string of the molecule is COc1ccc2[nH]c(-c3cccc(N4CCC(N(CCN5CCN(C(C)C)CC5)C(=O)OC(C)(C)C)CC4)c3)cc2c1. The molecule has 2 aliphatic heterocycles. The lowest BCUT2D eigenvalue weighted by Gasteiger charge is -2.41. The first-order chi connectivity index (χ1) is 20.1. The van der Waals surface area contributed by atoms with Crippen molar-refractivity contribution >= 4 is 22.7 Å². The van der Waals surface area contributed by atoms with Crippen molar-refractivity contribution in [2.75, 3.05) is 64.4 Å². The molecular weight excluding hydrogens is 526 g/mol. The number of H-pyrrole nitrogens is 1. The Labute approximate surface area is 251 Å². The minimum Gasteiger partial charge on any atom is -0.497 e. The number of nitrogens with one attached hydrogen (secondary N) is 1. The lowest BCUT2D eigenvalue weighted by Crippen LogP contribution is -2.53. The van der Waals surface area contributed by atoms with E-state index in [1.165, 1.54) is 5.69 Å². The van der Waals surface area contributed by atoms with Gasteiger partial charge in [-0.05, 0) is 89.4 Å². The lowest BCUT2D eigenvalue weighted by molar-refractivity contribution is 0.00953. The van der Waals surface area contributed by atoms with Crippen LogP contribution in [0.15, 0.2) is 48.5 Å². The standard InChI is InChI=1S/C34H49N5O3/c1-25(2)37-19-16-36(17-20-37)18-21-39(33(40)42-34(3,4)5)28-12-14-38(15-13-28)29-9-7-8-26(22-29)32-24-27-23-30(41-6)10-11-31(27)35-32/h7-11,22-25,28,35H,12-21H2,1-6H3. The van der Waals surface area contributed by atoms with E-state index in [1.54, 1.807) is 7.11 Å². The van der Waals surface area contributed by atoms with Crippen LogP contribution in [0.25, 0.3) is 22.2 Å². The maximum atomic E-state index is 13.4. The number of methoxy groups -OCH3 is 1. The van der Waals surface area contributed by atoms with Gasteiger partial charge in [0.05, 0.1) is 7.11 Å². The summed E-state index contributed by atoms with van der Waals surface area (Å²) < 4.78 is 11.3. The van der Waals surface area contributed by atoms with Crippen molar-refractivity contribution in [3.05, 3.63) is 48.5 Å². The summed E-state index contributed by atoms with van der Waals surface area (Å²) >= 11 is 0. The Morgan fingerprint density at radius 2 is 1.74 bits per heavy atom. The normalized spacial score (nSPS) is 17.6. The molecule has 0 spiro atoms. The molecule has 0 aliphatic carbocycles. The molecular formula is C34H49N5O3. The third kappa shape index (κ3) is 7.39. The summed E-state index contributed by atoms with van der Waals surface area (Å²) in [4.78, 5) is 26.4. The maximum absolute atomic E-state index is 13.4. The molecule has 228 valence electrons. The molecule has 1 amide bonds. The number of aromatic amines is 1. The highest BCUT2D eigenvalue weighted by molar-refractivity contribution is 5.87. The average Bonchev–Trinajstić information content (AvgIpc) is 3.40. The first-order valence-corrected chi connectivity index (χ1v) is 15.6. The Bertz CT molecular complexity index is 1330. The van der Waals surface area contributed by atoms with Crippen molar-refractivity contribution in [3.63, 3.8) is 0 Å². The molecule has 42 heavy (non-hydrogen) atoms. The number of anilines is 1. The fourth-order valence-corrected chi connectivity index (χ4v) is 6.20. The largest absolute Gasteiger partial charge is 0.497 e. The monoisotopic (exact) mass is 575 g/mol. The van der Waals surface area contributed by atoms with Gasteiger partial charge in [0.1, 0.15) is 11.4 Å². The predicted octanol–water partition coefficient (Wildman–Crippen LogP) is 6.08. The zero-order valence-corrected chi connectivity index (χ0v) is 26.4. The minimum absolute atomic E-state index is 0.180. The van der Waals surface area contributed by atoms with Crippen LogP contribution >= 0.6 is 0 Å². The number of piperazine rings is 1. The van der Waals surface area contributed by atoms with Crippen LogP contribution in [0.1, 0.15) is 47.5 Å². The van der Waals surface area contributed by atoms with Crippen molar-refractivity contribution < 1.29 is 14.3 Å². The Hall–Kier alpha value is -3.23. The Balaban J connectivity index is 1.23. The van der Waals surface area contributed by atoms with Crippen molar-refractivity contribution in [1.82, 2.24) is 19.7 Å². The third-order valence-electron chi connectivity index (χ3n) is 8.68. The van der Waals surface area contributed by atoms with E-state index in [9.17, 15) is 4.79 Å². The topological polar surface area (TPSA) is 64.3 Å². The molecule has 1 N–H and O–H groups in total. The number of benzene rings is 2. The average molecular weight is 576 g/mol. The zero-order chi connectivity index (χ0) is 29.9. The molecule has 0 unspecified atom stereocenters. The number of fused-ring (bicyclic) bond motifs is 1. The fraction of sp³-hybridized carbons (Fsp3) is 0.559. The molecule has 8 heteroatoms. The van der Waals surface area contributed by atoms with Gasteiger partial charge in [0.2, 0.25) is 0 Å². The highest BCUT2D eigenvalue weighted by Crippen LogP contribution is 2.31. The van der Waals surface area contributed by atoms with E-state index in [0.29, 0.717) is 12.6 Å². The van der Waals surface area contributed by atoms with Gasteiger partial charge < -0.3 is 24.3 Å². The van der Waals surface area contributed by atoms with Gasteiger partial charge in [0, 0.05) is 86.7 Å². The van der Waals surface area contributed by atoms with Crippen molar-refractivity contribution in [1.29, 1.82) is 0 Å². The summed E-state index contributed by atoms with van der Waals surface area (Å²) in [5.74, 6) is 0.860. The van der Waals surface area contributed by atoms with Gasteiger partial charge >= 0.3 is 6.09 Å². The molecule has 3 heterocycles. The summed E-state index contributed by atoms with van der Waals surface area (Å²) in [6.45, 7) is 18.1. The quantitative estimate of drug-likeness (QED) is 0.352. The number of carbonyl (C=O) groups is 1. The number of amides is 1. The summed E-state index contributed by atoms with van der Waals surface area (Å²) in [6.07, 6.45) is 1.67. The van der Waals surface area contributed by atoms with Gasteiger partial charge in [0.15, 0.2) is 0 Å². The van der Waals surface area contributed by atoms with Crippen LogP contribution in [0.5, 0.6) is 5.75 Å². The molecule has 2 saturated heterocycles. The number of piperidine rings is 1.